The molecule has 1 aliphatic rings. The number of hydrogen-bond donors (Lipinski definition) is 2. The Morgan fingerprint density at radius 2 is 1.84 bits per heavy atom. The van der Waals surface area contributed by atoms with E-state index in [2.05, 4.69) is 4.57 Å². The molecular weight excluding hydrogens is 392 g/mol. The van der Waals surface area contributed by atoms with E-state index in [1.165, 1.54) is 0 Å². The Bertz CT molecular complexity index is 1180. The van der Waals surface area contributed by atoms with Crippen LogP contribution in [0.15, 0.2) is 24.3 Å². The number of carbonyl (C=O) groups is 1. The van der Waals surface area contributed by atoms with E-state index in [1.807, 2.05) is 45.0 Å². The summed E-state index contributed by atoms with van der Waals surface area (Å²) in [5.74, 6) is 0.548. The van der Waals surface area contributed by atoms with E-state index >= 15 is 0 Å². The first-order valence-corrected chi connectivity index (χ1v) is 10.5. The number of methoxy groups -OCH3 is 1. The molecule has 0 saturated heterocycles. The molecule has 0 amide bonds. The summed E-state index contributed by atoms with van der Waals surface area (Å²) in [4.78, 5) is 13.2. The van der Waals surface area contributed by atoms with E-state index < -0.39 is 0 Å². The minimum atomic E-state index is -0.361. The summed E-state index contributed by atoms with van der Waals surface area (Å²) in [7, 11) is 1.60. The minimum Gasteiger partial charge on any atom is -0.507 e. The second-order valence-corrected chi connectivity index (χ2v) is 8.02. The first-order valence-electron chi connectivity index (χ1n) is 10.5. The van der Waals surface area contributed by atoms with Gasteiger partial charge in [-0.2, -0.15) is 0 Å². The van der Waals surface area contributed by atoms with Crippen molar-refractivity contribution in [3.8, 4) is 33.9 Å². The highest BCUT2D eigenvalue weighted by Crippen LogP contribution is 2.45. The average Bonchev–Trinajstić information content (AvgIpc) is 3.04. The van der Waals surface area contributed by atoms with Crippen molar-refractivity contribution in [2.75, 3.05) is 19.5 Å². The lowest BCUT2D eigenvalue weighted by molar-refractivity contribution is 0.0528. The monoisotopic (exact) mass is 420 g/mol. The van der Waals surface area contributed by atoms with Crippen molar-refractivity contribution in [2.45, 2.75) is 40.7 Å². The lowest BCUT2D eigenvalue weighted by atomic mass is 9.92. The fourth-order valence-electron chi connectivity index (χ4n) is 4.63. The summed E-state index contributed by atoms with van der Waals surface area (Å²) < 4.78 is 13.1. The summed E-state index contributed by atoms with van der Waals surface area (Å²) in [6.07, 6.45) is 0.809. The van der Waals surface area contributed by atoms with Crippen LogP contribution in [0.5, 0.6) is 11.5 Å². The molecular formula is C25H28N2O4. The maximum atomic E-state index is 13.2. The molecule has 0 bridgehead atoms. The van der Waals surface area contributed by atoms with E-state index in [4.69, 9.17) is 15.2 Å². The van der Waals surface area contributed by atoms with Gasteiger partial charge in [0.1, 0.15) is 11.5 Å². The van der Waals surface area contributed by atoms with Crippen LogP contribution in [0.3, 0.4) is 0 Å². The topological polar surface area (TPSA) is 86.7 Å². The standard InChI is InChI=1S/C25H28N2O4/c1-6-31-25(29)22-21(17-9-13(2)24(28)14(3)10-17)15(4)27-8-7-16-11-20(30-5)19(26)12-18(16)23(22)27/h9-12,28H,6-8,26H2,1-5H3. The predicted octanol–water partition coefficient (Wildman–Crippen LogP) is 4.78. The number of benzene rings is 2. The molecule has 1 aromatic heterocycles. The summed E-state index contributed by atoms with van der Waals surface area (Å²) in [5, 5.41) is 10.3. The van der Waals surface area contributed by atoms with E-state index in [0.29, 0.717) is 17.0 Å². The van der Waals surface area contributed by atoms with Gasteiger partial charge < -0.3 is 24.9 Å². The van der Waals surface area contributed by atoms with Crippen LogP contribution in [0.1, 0.15) is 39.7 Å². The molecule has 0 radical (unpaired) electrons. The number of aromatic hydroxyl groups is 1. The highest BCUT2D eigenvalue weighted by atomic mass is 16.5. The number of nitrogens with zero attached hydrogens (tertiary/aromatic N) is 1. The van der Waals surface area contributed by atoms with Crippen molar-refractivity contribution >= 4 is 11.7 Å². The Balaban J connectivity index is 2.06. The van der Waals surface area contributed by atoms with Gasteiger partial charge in [-0.3, -0.25) is 0 Å². The van der Waals surface area contributed by atoms with Gasteiger partial charge in [0.2, 0.25) is 0 Å². The molecule has 0 aliphatic carbocycles. The molecule has 6 heteroatoms. The zero-order valence-corrected chi connectivity index (χ0v) is 18.6. The van der Waals surface area contributed by atoms with Crippen molar-refractivity contribution in [1.29, 1.82) is 0 Å². The number of anilines is 1. The molecule has 2 heterocycles. The Morgan fingerprint density at radius 1 is 1.16 bits per heavy atom. The lowest BCUT2D eigenvalue weighted by Gasteiger charge is -2.23. The van der Waals surface area contributed by atoms with Crippen LogP contribution in [0.25, 0.3) is 22.4 Å². The molecule has 0 saturated carbocycles. The van der Waals surface area contributed by atoms with Crippen LogP contribution in [0.4, 0.5) is 5.69 Å². The highest BCUT2D eigenvalue weighted by Gasteiger charge is 2.32. The van der Waals surface area contributed by atoms with Crippen molar-refractivity contribution < 1.29 is 19.4 Å². The third-order valence-electron chi connectivity index (χ3n) is 6.10. The lowest BCUT2D eigenvalue weighted by Crippen LogP contribution is -2.15. The van der Waals surface area contributed by atoms with Gasteiger partial charge in [-0.25, -0.2) is 4.79 Å². The number of hydrogen-bond acceptors (Lipinski definition) is 5. The third-order valence-corrected chi connectivity index (χ3v) is 6.10. The minimum absolute atomic E-state index is 0.272. The van der Waals surface area contributed by atoms with E-state index in [9.17, 15) is 9.90 Å². The van der Waals surface area contributed by atoms with Crippen LogP contribution in [0.2, 0.25) is 0 Å². The smallest absolute Gasteiger partial charge is 0.340 e. The number of aromatic nitrogens is 1. The number of esters is 1. The Kier molecular flexibility index (Phi) is 5.17. The van der Waals surface area contributed by atoms with Crippen molar-refractivity contribution in [3.63, 3.8) is 0 Å². The number of fused-ring (bicyclic) bond motifs is 3. The number of aryl methyl sites for hydroxylation is 3. The predicted molar refractivity (Wildman–Crippen MR) is 122 cm³/mol. The SMILES string of the molecule is CCOC(=O)c1c(-c2cc(C)c(O)c(C)c2)c(C)n2c1-c1cc(N)c(OC)cc1CC2. The van der Waals surface area contributed by atoms with Gasteiger partial charge in [0.05, 0.1) is 30.7 Å². The molecule has 162 valence electrons. The Labute approximate surface area is 182 Å². The summed E-state index contributed by atoms with van der Waals surface area (Å²) in [5.41, 5.74) is 14.4. The molecule has 0 atom stereocenters. The number of phenolic OH excluding ortho intramolecular Hbond substituents is 1. The largest absolute Gasteiger partial charge is 0.507 e. The number of carbonyl (C=O) groups excluding carboxylic acids is 1. The van der Waals surface area contributed by atoms with Gasteiger partial charge in [0.25, 0.3) is 0 Å². The van der Waals surface area contributed by atoms with E-state index in [-0.39, 0.29) is 18.3 Å². The van der Waals surface area contributed by atoms with E-state index in [1.54, 1.807) is 14.0 Å². The Morgan fingerprint density at radius 3 is 2.45 bits per heavy atom. The quantitative estimate of drug-likeness (QED) is 0.469. The van der Waals surface area contributed by atoms with Crippen LogP contribution >= 0.6 is 0 Å². The van der Waals surface area contributed by atoms with Crippen molar-refractivity contribution in [2.24, 2.45) is 0 Å². The first kappa shape index (κ1) is 20.8. The van der Waals surface area contributed by atoms with Gasteiger partial charge in [-0.05, 0) is 80.6 Å². The summed E-state index contributed by atoms with van der Waals surface area (Å²) in [6, 6.07) is 7.68. The molecule has 3 N–H and O–H groups in total. The zero-order chi connectivity index (χ0) is 22.4. The van der Waals surface area contributed by atoms with Gasteiger partial charge in [-0.15, -0.1) is 0 Å². The van der Waals surface area contributed by atoms with Gasteiger partial charge in [0, 0.05) is 23.4 Å². The van der Waals surface area contributed by atoms with Gasteiger partial charge in [0.15, 0.2) is 0 Å². The zero-order valence-electron chi connectivity index (χ0n) is 18.6. The van der Waals surface area contributed by atoms with Crippen LogP contribution in [-0.2, 0) is 17.7 Å². The molecule has 0 fully saturated rings. The normalized spacial score (nSPS) is 12.3. The molecule has 1 aliphatic heterocycles. The maximum Gasteiger partial charge on any atom is 0.340 e. The maximum absolute atomic E-state index is 13.2. The van der Waals surface area contributed by atoms with Gasteiger partial charge >= 0.3 is 5.97 Å². The number of phenols is 1. The van der Waals surface area contributed by atoms with Crippen LogP contribution < -0.4 is 10.5 Å². The molecule has 2 aromatic carbocycles. The first-order chi connectivity index (χ1) is 14.8. The molecule has 3 aromatic rings. The number of rotatable bonds is 4. The molecule has 0 unspecified atom stereocenters. The van der Waals surface area contributed by atoms with Gasteiger partial charge in [-0.1, -0.05) is 0 Å². The highest BCUT2D eigenvalue weighted by molar-refractivity contribution is 6.05. The number of nitrogens with two attached hydrogens (primary N) is 1. The second kappa shape index (κ2) is 7.69. The number of ether oxygens (including phenoxy) is 2. The fraction of sp³-hybridized carbons (Fsp3) is 0.320. The van der Waals surface area contributed by atoms with Crippen molar-refractivity contribution in [1.82, 2.24) is 4.57 Å². The van der Waals surface area contributed by atoms with Crippen molar-refractivity contribution in [3.05, 3.63) is 52.2 Å². The van der Waals surface area contributed by atoms with Crippen LogP contribution in [0, 0.1) is 20.8 Å². The molecule has 4 rings (SSSR count). The molecule has 0 spiro atoms. The second-order valence-electron chi connectivity index (χ2n) is 8.02. The molecule has 31 heavy (non-hydrogen) atoms. The summed E-state index contributed by atoms with van der Waals surface area (Å²) in [6.45, 7) is 8.58. The number of nitrogen functional groups attached to an aromatic ring is 1. The Hall–Kier alpha value is -3.41. The van der Waals surface area contributed by atoms with E-state index in [0.717, 1.165) is 57.7 Å². The molecule has 6 nitrogen and oxygen atoms in total. The fourth-order valence-corrected chi connectivity index (χ4v) is 4.63. The van der Waals surface area contributed by atoms with Crippen LogP contribution in [-0.4, -0.2) is 29.4 Å². The third kappa shape index (κ3) is 3.23. The summed E-state index contributed by atoms with van der Waals surface area (Å²) >= 11 is 0. The average molecular weight is 421 g/mol.